The van der Waals surface area contributed by atoms with Gasteiger partial charge in [-0.1, -0.05) is 47.0 Å². The molecule has 0 rings (SSSR count). The monoisotopic (exact) mass is 302 g/mol. The van der Waals surface area contributed by atoms with Crippen LogP contribution in [0.1, 0.15) is 59.8 Å². The molecule has 0 aliphatic heterocycles. The molecule has 4 heteroatoms. The van der Waals surface area contributed by atoms with Crippen LogP contribution in [-0.2, 0) is 19.0 Å². The molecule has 0 saturated carbocycles. The second-order valence-corrected chi connectivity index (χ2v) is 5.62. The molecule has 0 fully saturated rings. The summed E-state index contributed by atoms with van der Waals surface area (Å²) < 4.78 is 16.1. The number of unbranched alkanes of at least 4 members (excludes halogenated alkanes) is 1. The summed E-state index contributed by atoms with van der Waals surface area (Å²) in [7, 11) is 0. The van der Waals surface area contributed by atoms with Gasteiger partial charge in [0, 0.05) is 6.61 Å². The van der Waals surface area contributed by atoms with Crippen molar-refractivity contribution in [2.24, 2.45) is 11.8 Å². The van der Waals surface area contributed by atoms with E-state index in [9.17, 15) is 4.79 Å². The van der Waals surface area contributed by atoms with Gasteiger partial charge < -0.3 is 14.2 Å². The van der Waals surface area contributed by atoms with Crippen LogP contribution in [0.2, 0.25) is 0 Å². The Morgan fingerprint density at radius 1 is 0.952 bits per heavy atom. The minimum atomic E-state index is -0.0810. The minimum absolute atomic E-state index is 0.0452. The van der Waals surface area contributed by atoms with Gasteiger partial charge in [-0.05, 0) is 18.8 Å². The van der Waals surface area contributed by atoms with Crippen molar-refractivity contribution in [3.05, 3.63) is 0 Å². The molecule has 2 atom stereocenters. The Labute approximate surface area is 130 Å². The molecule has 0 amide bonds. The molecule has 0 aromatic carbocycles. The van der Waals surface area contributed by atoms with Crippen LogP contribution < -0.4 is 0 Å². The van der Waals surface area contributed by atoms with Crippen molar-refractivity contribution >= 4 is 5.97 Å². The highest BCUT2D eigenvalue weighted by Gasteiger charge is 2.16. The van der Waals surface area contributed by atoms with Gasteiger partial charge >= 0.3 is 5.97 Å². The lowest BCUT2D eigenvalue weighted by Crippen LogP contribution is -2.20. The van der Waals surface area contributed by atoms with Crippen molar-refractivity contribution in [3.8, 4) is 0 Å². The quantitative estimate of drug-likeness (QED) is 0.361. The van der Waals surface area contributed by atoms with E-state index in [0.717, 1.165) is 38.7 Å². The largest absolute Gasteiger partial charge is 0.463 e. The van der Waals surface area contributed by atoms with Crippen molar-refractivity contribution in [2.45, 2.75) is 59.8 Å². The molecule has 0 saturated heterocycles. The average Bonchev–Trinajstić information content (AvgIpc) is 2.50. The van der Waals surface area contributed by atoms with Crippen molar-refractivity contribution in [3.63, 3.8) is 0 Å². The minimum Gasteiger partial charge on any atom is -0.463 e. The first-order chi connectivity index (χ1) is 10.2. The third-order valence-electron chi connectivity index (χ3n) is 3.68. The van der Waals surface area contributed by atoms with Crippen LogP contribution in [0, 0.1) is 11.8 Å². The molecule has 0 aromatic rings. The van der Waals surface area contributed by atoms with Gasteiger partial charge in [-0.25, -0.2) is 0 Å². The van der Waals surface area contributed by atoms with E-state index in [-0.39, 0.29) is 11.9 Å². The normalized spacial score (nSPS) is 13.9. The van der Waals surface area contributed by atoms with Crippen molar-refractivity contribution in [1.29, 1.82) is 0 Å². The van der Waals surface area contributed by atoms with Gasteiger partial charge in [0.2, 0.25) is 0 Å². The molecule has 0 radical (unpaired) electrons. The van der Waals surface area contributed by atoms with Gasteiger partial charge in [-0.3, -0.25) is 4.79 Å². The number of esters is 1. The second kappa shape index (κ2) is 14.3. The summed E-state index contributed by atoms with van der Waals surface area (Å²) in [6.45, 7) is 11.2. The molecule has 4 nitrogen and oxygen atoms in total. The predicted molar refractivity (Wildman–Crippen MR) is 85.4 cm³/mol. The molecular weight excluding hydrogens is 268 g/mol. The number of rotatable bonds is 14. The molecule has 0 aliphatic rings. The van der Waals surface area contributed by atoms with Crippen LogP contribution in [0.4, 0.5) is 0 Å². The van der Waals surface area contributed by atoms with Gasteiger partial charge in [0.25, 0.3) is 0 Å². The van der Waals surface area contributed by atoms with Gasteiger partial charge in [0.15, 0.2) is 0 Å². The van der Waals surface area contributed by atoms with E-state index in [1.165, 1.54) is 0 Å². The molecular formula is C17H34O4. The topological polar surface area (TPSA) is 44.8 Å². The molecule has 21 heavy (non-hydrogen) atoms. The molecule has 126 valence electrons. The van der Waals surface area contributed by atoms with Crippen LogP contribution in [0.15, 0.2) is 0 Å². The lowest BCUT2D eigenvalue weighted by molar-refractivity contribution is -0.150. The van der Waals surface area contributed by atoms with Crippen molar-refractivity contribution in [2.75, 3.05) is 33.0 Å². The molecule has 0 heterocycles. The zero-order valence-electron chi connectivity index (χ0n) is 14.4. The molecule has 0 aliphatic carbocycles. The van der Waals surface area contributed by atoms with Gasteiger partial charge in [-0.15, -0.1) is 0 Å². The lowest BCUT2D eigenvalue weighted by Gasteiger charge is -2.14. The summed E-state index contributed by atoms with van der Waals surface area (Å²) >= 11 is 0. The van der Waals surface area contributed by atoms with Crippen LogP contribution in [-0.4, -0.2) is 39.0 Å². The fraction of sp³-hybridized carbons (Fsp3) is 0.941. The average molecular weight is 302 g/mol. The maximum Gasteiger partial charge on any atom is 0.308 e. The van der Waals surface area contributed by atoms with Crippen LogP contribution in [0.5, 0.6) is 0 Å². The Hall–Kier alpha value is -0.610. The molecule has 0 spiro atoms. The number of carbonyl (C=O) groups is 1. The first-order valence-electron chi connectivity index (χ1n) is 8.47. The van der Waals surface area contributed by atoms with Gasteiger partial charge in [0.1, 0.15) is 6.61 Å². The molecule has 0 bridgehead atoms. The van der Waals surface area contributed by atoms with E-state index in [2.05, 4.69) is 20.8 Å². The Morgan fingerprint density at radius 2 is 1.62 bits per heavy atom. The molecule has 0 aromatic heterocycles. The fourth-order valence-electron chi connectivity index (χ4n) is 1.88. The molecule has 0 N–H and O–H groups in total. The Morgan fingerprint density at radius 3 is 2.24 bits per heavy atom. The van der Waals surface area contributed by atoms with E-state index in [4.69, 9.17) is 14.2 Å². The van der Waals surface area contributed by atoms with Crippen molar-refractivity contribution in [1.82, 2.24) is 0 Å². The summed E-state index contributed by atoms with van der Waals surface area (Å²) in [5.41, 5.74) is 0. The third kappa shape index (κ3) is 11.7. The second-order valence-electron chi connectivity index (χ2n) is 5.62. The van der Waals surface area contributed by atoms with Crippen LogP contribution in [0.25, 0.3) is 0 Å². The number of carbonyl (C=O) groups excluding carboxylic acids is 1. The summed E-state index contributed by atoms with van der Waals surface area (Å²) in [4.78, 5) is 11.8. The number of ether oxygens (including phenoxy) is 3. The zero-order chi connectivity index (χ0) is 15.9. The summed E-state index contributed by atoms with van der Waals surface area (Å²) in [6.07, 6.45) is 5.11. The zero-order valence-corrected chi connectivity index (χ0v) is 14.4. The third-order valence-corrected chi connectivity index (χ3v) is 3.68. The summed E-state index contributed by atoms with van der Waals surface area (Å²) in [5.74, 6) is 0.562. The standard InChI is InChI=1S/C17H34O4/c1-5-8-9-16(7-3)17(18)21-13-12-19-10-11-20-14-15(4)6-2/h15-16H,5-14H2,1-4H3. The smallest absolute Gasteiger partial charge is 0.308 e. The van der Waals surface area contributed by atoms with E-state index in [0.29, 0.717) is 32.3 Å². The fourth-order valence-corrected chi connectivity index (χ4v) is 1.88. The maximum absolute atomic E-state index is 11.8. The highest BCUT2D eigenvalue weighted by molar-refractivity contribution is 5.72. The molecule has 2 unspecified atom stereocenters. The van der Waals surface area contributed by atoms with Crippen molar-refractivity contribution < 1.29 is 19.0 Å². The van der Waals surface area contributed by atoms with Crippen LogP contribution >= 0.6 is 0 Å². The van der Waals surface area contributed by atoms with E-state index in [1.807, 2.05) is 6.92 Å². The maximum atomic E-state index is 11.8. The Balaban J connectivity index is 3.46. The predicted octanol–water partition coefficient (Wildman–Crippen LogP) is 3.83. The summed E-state index contributed by atoms with van der Waals surface area (Å²) in [6, 6.07) is 0. The van der Waals surface area contributed by atoms with E-state index in [1.54, 1.807) is 0 Å². The highest BCUT2D eigenvalue weighted by Crippen LogP contribution is 2.14. The van der Waals surface area contributed by atoms with Gasteiger partial charge in [0.05, 0.1) is 25.7 Å². The SMILES string of the molecule is CCCCC(CC)C(=O)OCCOCCOCC(C)CC. The Kier molecular flexibility index (Phi) is 13.9. The van der Waals surface area contributed by atoms with E-state index >= 15 is 0 Å². The lowest BCUT2D eigenvalue weighted by atomic mass is 10.00. The number of hydrogen-bond acceptors (Lipinski definition) is 4. The van der Waals surface area contributed by atoms with E-state index < -0.39 is 0 Å². The number of hydrogen-bond donors (Lipinski definition) is 0. The first-order valence-corrected chi connectivity index (χ1v) is 8.47. The van der Waals surface area contributed by atoms with Crippen LogP contribution in [0.3, 0.4) is 0 Å². The van der Waals surface area contributed by atoms with Gasteiger partial charge in [-0.2, -0.15) is 0 Å². The summed E-state index contributed by atoms with van der Waals surface area (Å²) in [5, 5.41) is 0. The highest BCUT2D eigenvalue weighted by atomic mass is 16.6. The Bertz CT molecular complexity index is 243. The first kappa shape index (κ1) is 20.4.